The molecule has 4 nitrogen and oxygen atoms in total. The van der Waals surface area contributed by atoms with Gasteiger partial charge in [-0.15, -0.1) is 11.3 Å². The molecule has 0 aliphatic carbocycles. The van der Waals surface area contributed by atoms with Gasteiger partial charge in [-0.05, 0) is 24.1 Å². The van der Waals surface area contributed by atoms with Crippen molar-refractivity contribution in [3.05, 3.63) is 59.5 Å². The minimum absolute atomic E-state index is 0.605. The van der Waals surface area contributed by atoms with Crippen molar-refractivity contribution in [2.45, 2.75) is 6.92 Å². The van der Waals surface area contributed by atoms with E-state index in [4.69, 9.17) is 10.7 Å². The van der Waals surface area contributed by atoms with Gasteiger partial charge in [-0.3, -0.25) is 0 Å². The first-order valence-electron chi connectivity index (χ1n) is 8.07. The van der Waals surface area contributed by atoms with E-state index < -0.39 is 0 Å². The number of aryl methyl sites for hydroxylation is 1. The van der Waals surface area contributed by atoms with Crippen molar-refractivity contribution in [3.8, 4) is 22.4 Å². The zero-order valence-corrected chi connectivity index (χ0v) is 14.9. The third-order valence-corrected chi connectivity index (χ3v) is 5.26. The third kappa shape index (κ3) is 2.72. The normalized spacial score (nSPS) is 11.0. The summed E-state index contributed by atoms with van der Waals surface area (Å²) >= 11 is 1.60. The van der Waals surface area contributed by atoms with Gasteiger partial charge in [-0.1, -0.05) is 48.5 Å². The molecule has 3 N–H and O–H groups in total. The lowest BCUT2D eigenvalue weighted by Gasteiger charge is -2.09. The predicted octanol–water partition coefficient (Wildman–Crippen LogP) is 4.96. The lowest BCUT2D eigenvalue weighted by atomic mass is 10.0. The van der Waals surface area contributed by atoms with Crippen LogP contribution in [0.3, 0.4) is 0 Å². The van der Waals surface area contributed by atoms with Gasteiger partial charge in [-0.2, -0.15) is 0 Å². The second-order valence-electron chi connectivity index (χ2n) is 5.84. The van der Waals surface area contributed by atoms with Gasteiger partial charge in [0, 0.05) is 17.5 Å². The molecule has 4 aromatic rings. The second-order valence-corrected chi connectivity index (χ2v) is 7.05. The molecule has 0 radical (unpaired) electrons. The highest BCUT2D eigenvalue weighted by molar-refractivity contribution is 7.19. The largest absolute Gasteiger partial charge is 0.397 e. The van der Waals surface area contributed by atoms with Crippen molar-refractivity contribution >= 4 is 33.2 Å². The van der Waals surface area contributed by atoms with Gasteiger partial charge in [0.1, 0.15) is 4.83 Å². The molecule has 5 heteroatoms. The standard InChI is InChI=1S/C20H18N4S/c1-12-17(21)16-18(23-20(22-2)24-19(16)25-12)15-10-6-9-14(11-15)13-7-4-3-5-8-13/h3-11H,21H2,1-2H3,(H,22,23,24). The van der Waals surface area contributed by atoms with Crippen LogP contribution in [-0.2, 0) is 0 Å². The summed E-state index contributed by atoms with van der Waals surface area (Å²) in [5, 5.41) is 3.98. The quantitative estimate of drug-likeness (QED) is 0.550. The molecule has 0 aliphatic heterocycles. The molecule has 0 spiro atoms. The van der Waals surface area contributed by atoms with Crippen molar-refractivity contribution < 1.29 is 0 Å². The molecule has 0 saturated heterocycles. The Hall–Kier alpha value is -2.92. The highest BCUT2D eigenvalue weighted by Crippen LogP contribution is 2.39. The second kappa shape index (κ2) is 6.18. The van der Waals surface area contributed by atoms with Crippen LogP contribution in [0.4, 0.5) is 11.6 Å². The van der Waals surface area contributed by atoms with Gasteiger partial charge in [0.25, 0.3) is 0 Å². The van der Waals surface area contributed by atoms with Crippen molar-refractivity contribution in [1.29, 1.82) is 0 Å². The Morgan fingerprint density at radius 2 is 1.64 bits per heavy atom. The minimum Gasteiger partial charge on any atom is -0.397 e. The number of nitrogens with two attached hydrogens (primary N) is 1. The molecular formula is C20H18N4S. The van der Waals surface area contributed by atoms with Crippen molar-refractivity contribution in [2.75, 3.05) is 18.1 Å². The van der Waals surface area contributed by atoms with Crippen LogP contribution in [0.5, 0.6) is 0 Å². The summed E-state index contributed by atoms with van der Waals surface area (Å²) in [6.07, 6.45) is 0. The van der Waals surface area contributed by atoms with Crippen LogP contribution in [0, 0.1) is 6.92 Å². The zero-order valence-electron chi connectivity index (χ0n) is 14.1. The summed E-state index contributed by atoms with van der Waals surface area (Å²) in [7, 11) is 1.83. The monoisotopic (exact) mass is 346 g/mol. The molecule has 0 atom stereocenters. The third-order valence-electron chi connectivity index (χ3n) is 4.24. The highest BCUT2D eigenvalue weighted by atomic mass is 32.1. The maximum atomic E-state index is 6.33. The Bertz CT molecular complexity index is 1050. The summed E-state index contributed by atoms with van der Waals surface area (Å²) in [5.74, 6) is 0.605. The summed E-state index contributed by atoms with van der Waals surface area (Å²) in [5.41, 5.74) is 11.3. The van der Waals surface area contributed by atoms with Crippen LogP contribution in [0.1, 0.15) is 4.88 Å². The SMILES string of the molecule is CNc1nc(-c2cccc(-c3ccccc3)c2)c2c(N)c(C)sc2n1. The van der Waals surface area contributed by atoms with Gasteiger partial charge >= 0.3 is 0 Å². The van der Waals surface area contributed by atoms with E-state index in [0.717, 1.165) is 37.6 Å². The van der Waals surface area contributed by atoms with Crippen LogP contribution < -0.4 is 11.1 Å². The number of rotatable bonds is 3. The number of thiophene rings is 1. The van der Waals surface area contributed by atoms with E-state index in [-0.39, 0.29) is 0 Å². The molecule has 0 amide bonds. The Morgan fingerprint density at radius 1 is 0.920 bits per heavy atom. The van der Waals surface area contributed by atoms with Gasteiger partial charge in [0.15, 0.2) is 0 Å². The fourth-order valence-electron chi connectivity index (χ4n) is 2.93. The van der Waals surface area contributed by atoms with E-state index in [9.17, 15) is 0 Å². The lowest BCUT2D eigenvalue weighted by Crippen LogP contribution is -1.99. The van der Waals surface area contributed by atoms with Crippen LogP contribution >= 0.6 is 11.3 Å². The molecule has 0 saturated carbocycles. The van der Waals surface area contributed by atoms with E-state index in [1.165, 1.54) is 5.56 Å². The minimum atomic E-state index is 0.605. The Balaban J connectivity index is 1.96. The van der Waals surface area contributed by atoms with E-state index >= 15 is 0 Å². The summed E-state index contributed by atoms with van der Waals surface area (Å²) in [4.78, 5) is 11.2. The molecule has 0 unspecified atom stereocenters. The van der Waals surface area contributed by atoms with Crippen LogP contribution in [0.2, 0.25) is 0 Å². The number of fused-ring (bicyclic) bond motifs is 1. The van der Waals surface area contributed by atoms with Crippen LogP contribution in [0.25, 0.3) is 32.6 Å². The summed E-state index contributed by atoms with van der Waals surface area (Å²) < 4.78 is 0. The molecule has 0 aliphatic rings. The molecule has 2 aromatic carbocycles. The van der Waals surface area contributed by atoms with Gasteiger partial charge in [0.05, 0.1) is 16.8 Å². The van der Waals surface area contributed by atoms with Gasteiger partial charge < -0.3 is 11.1 Å². The molecule has 0 bridgehead atoms. The fourth-order valence-corrected chi connectivity index (χ4v) is 3.87. The number of nitrogens with one attached hydrogen (secondary N) is 1. The molecule has 2 heterocycles. The first-order valence-corrected chi connectivity index (χ1v) is 8.89. The highest BCUT2D eigenvalue weighted by Gasteiger charge is 2.16. The molecule has 124 valence electrons. The Labute approximate surface area is 150 Å². The van der Waals surface area contributed by atoms with E-state index in [0.29, 0.717) is 5.95 Å². The predicted molar refractivity (Wildman–Crippen MR) is 107 cm³/mol. The first-order chi connectivity index (χ1) is 12.2. The average molecular weight is 346 g/mol. The number of nitrogen functional groups attached to an aromatic ring is 1. The molecule has 0 fully saturated rings. The Morgan fingerprint density at radius 3 is 2.40 bits per heavy atom. The van der Waals surface area contributed by atoms with E-state index in [1.807, 2.05) is 32.2 Å². The maximum absolute atomic E-state index is 6.33. The first kappa shape index (κ1) is 15.6. The number of hydrogen-bond donors (Lipinski definition) is 2. The smallest absolute Gasteiger partial charge is 0.224 e. The molecule has 25 heavy (non-hydrogen) atoms. The zero-order chi connectivity index (χ0) is 17.4. The number of anilines is 2. The van der Waals surface area contributed by atoms with Gasteiger partial charge in [0.2, 0.25) is 5.95 Å². The van der Waals surface area contributed by atoms with E-state index in [1.54, 1.807) is 11.3 Å². The van der Waals surface area contributed by atoms with Crippen molar-refractivity contribution in [3.63, 3.8) is 0 Å². The Kier molecular flexibility index (Phi) is 3.86. The molecule has 2 aromatic heterocycles. The number of aromatic nitrogens is 2. The topological polar surface area (TPSA) is 63.8 Å². The van der Waals surface area contributed by atoms with Crippen LogP contribution in [-0.4, -0.2) is 17.0 Å². The molecular weight excluding hydrogens is 328 g/mol. The maximum Gasteiger partial charge on any atom is 0.224 e. The average Bonchev–Trinajstić information content (AvgIpc) is 2.95. The molecule has 4 rings (SSSR count). The number of hydrogen-bond acceptors (Lipinski definition) is 5. The van der Waals surface area contributed by atoms with Crippen LogP contribution in [0.15, 0.2) is 54.6 Å². The van der Waals surface area contributed by atoms with E-state index in [2.05, 4.69) is 46.7 Å². The fraction of sp³-hybridized carbons (Fsp3) is 0.100. The lowest BCUT2D eigenvalue weighted by molar-refractivity contribution is 1.21. The number of benzene rings is 2. The summed E-state index contributed by atoms with van der Waals surface area (Å²) in [6, 6.07) is 18.7. The number of nitrogens with zero attached hydrogens (tertiary/aromatic N) is 2. The summed E-state index contributed by atoms with van der Waals surface area (Å²) in [6.45, 7) is 2.02. The van der Waals surface area contributed by atoms with Gasteiger partial charge in [-0.25, -0.2) is 9.97 Å². The van der Waals surface area contributed by atoms with Crippen molar-refractivity contribution in [2.24, 2.45) is 0 Å². The van der Waals surface area contributed by atoms with Crippen molar-refractivity contribution in [1.82, 2.24) is 9.97 Å².